The molecule has 3 N–H and O–H groups in total. The van der Waals surface area contributed by atoms with Gasteiger partial charge in [0.15, 0.2) is 5.82 Å². The molecule has 1 fully saturated rings. The minimum absolute atomic E-state index is 0.189. The van der Waals surface area contributed by atoms with Crippen molar-refractivity contribution < 1.29 is 4.79 Å². The quantitative estimate of drug-likeness (QED) is 0.895. The van der Waals surface area contributed by atoms with Crippen molar-refractivity contribution in [2.24, 2.45) is 0 Å². The van der Waals surface area contributed by atoms with Gasteiger partial charge in [0.2, 0.25) is 0 Å². The van der Waals surface area contributed by atoms with Gasteiger partial charge in [0.25, 0.3) is 5.91 Å². The van der Waals surface area contributed by atoms with E-state index in [-0.39, 0.29) is 5.91 Å². The second-order valence-electron chi connectivity index (χ2n) is 5.60. The van der Waals surface area contributed by atoms with Crippen molar-refractivity contribution in [2.45, 2.75) is 44.7 Å². The van der Waals surface area contributed by atoms with Gasteiger partial charge < -0.3 is 15.6 Å². The first-order valence-corrected chi connectivity index (χ1v) is 7.62. The van der Waals surface area contributed by atoms with Crippen molar-refractivity contribution in [1.82, 2.24) is 25.1 Å². The molecule has 7 nitrogen and oxygen atoms in total. The van der Waals surface area contributed by atoms with Crippen molar-refractivity contribution in [3.8, 4) is 0 Å². The zero-order chi connectivity index (χ0) is 15.4. The van der Waals surface area contributed by atoms with Crippen LogP contribution in [0.25, 0.3) is 0 Å². The zero-order valence-corrected chi connectivity index (χ0v) is 12.4. The van der Waals surface area contributed by atoms with E-state index in [1.54, 1.807) is 18.5 Å². The number of nitrogens with two attached hydrogens (primary N) is 1. The highest BCUT2D eigenvalue weighted by molar-refractivity contribution is 5.93. The number of nitrogens with one attached hydrogen (secondary N) is 1. The topological polar surface area (TPSA) is 98.7 Å². The van der Waals surface area contributed by atoms with Gasteiger partial charge in [-0.3, -0.25) is 4.79 Å². The predicted molar refractivity (Wildman–Crippen MR) is 82.0 cm³/mol. The molecule has 7 heteroatoms. The lowest BCUT2D eigenvalue weighted by atomic mass is 9.95. The second kappa shape index (κ2) is 6.55. The minimum Gasteiger partial charge on any atom is -0.384 e. The SMILES string of the molecule is Nc1ccc(C(=O)NCc2nncn2C2CCCCC2)cn1. The van der Waals surface area contributed by atoms with Crippen LogP contribution >= 0.6 is 0 Å². The first-order chi connectivity index (χ1) is 10.7. The molecular weight excluding hydrogens is 280 g/mol. The molecule has 0 saturated heterocycles. The summed E-state index contributed by atoms with van der Waals surface area (Å²) in [5.74, 6) is 1.00. The third-order valence-electron chi connectivity index (χ3n) is 4.07. The van der Waals surface area contributed by atoms with Crippen molar-refractivity contribution in [3.63, 3.8) is 0 Å². The number of anilines is 1. The maximum atomic E-state index is 12.1. The molecule has 1 aliphatic carbocycles. The van der Waals surface area contributed by atoms with Gasteiger partial charge in [-0.2, -0.15) is 0 Å². The normalized spacial score (nSPS) is 15.6. The van der Waals surface area contributed by atoms with E-state index in [1.807, 2.05) is 0 Å². The number of pyridine rings is 1. The summed E-state index contributed by atoms with van der Waals surface area (Å²) in [6.45, 7) is 0.361. The van der Waals surface area contributed by atoms with E-state index in [0.717, 1.165) is 18.7 Å². The second-order valence-corrected chi connectivity index (χ2v) is 5.60. The summed E-state index contributed by atoms with van der Waals surface area (Å²) in [6, 6.07) is 3.72. The summed E-state index contributed by atoms with van der Waals surface area (Å²) >= 11 is 0. The number of amides is 1. The lowest BCUT2D eigenvalue weighted by molar-refractivity contribution is 0.0948. The van der Waals surface area contributed by atoms with E-state index in [1.165, 1.54) is 25.5 Å². The number of nitrogen functional groups attached to an aromatic ring is 1. The van der Waals surface area contributed by atoms with Gasteiger partial charge >= 0.3 is 0 Å². The van der Waals surface area contributed by atoms with Crippen LogP contribution in [0.4, 0.5) is 5.82 Å². The molecule has 0 aliphatic heterocycles. The molecule has 0 unspecified atom stereocenters. The first kappa shape index (κ1) is 14.5. The van der Waals surface area contributed by atoms with Gasteiger partial charge in [-0.05, 0) is 25.0 Å². The standard InChI is InChI=1S/C15H20N6O/c16-13-7-6-11(8-17-13)15(22)18-9-14-20-19-10-21(14)12-4-2-1-3-5-12/h6-8,10,12H,1-5,9H2,(H2,16,17)(H,18,22). The highest BCUT2D eigenvalue weighted by Crippen LogP contribution is 2.28. The van der Waals surface area contributed by atoms with Crippen LogP contribution in [0.1, 0.15) is 54.3 Å². The molecule has 1 aliphatic rings. The van der Waals surface area contributed by atoms with E-state index in [9.17, 15) is 4.79 Å². The fraction of sp³-hybridized carbons (Fsp3) is 0.467. The molecule has 0 atom stereocenters. The van der Waals surface area contributed by atoms with Gasteiger partial charge in [-0.25, -0.2) is 4.98 Å². The number of carbonyl (C=O) groups is 1. The lowest BCUT2D eigenvalue weighted by Gasteiger charge is -2.24. The Balaban J connectivity index is 1.63. The fourth-order valence-corrected chi connectivity index (χ4v) is 2.86. The van der Waals surface area contributed by atoms with Crippen LogP contribution in [0.2, 0.25) is 0 Å². The minimum atomic E-state index is -0.189. The Bertz CT molecular complexity index is 630. The van der Waals surface area contributed by atoms with Crippen LogP contribution in [0.3, 0.4) is 0 Å². The summed E-state index contributed by atoms with van der Waals surface area (Å²) in [4.78, 5) is 16.0. The highest BCUT2D eigenvalue weighted by atomic mass is 16.1. The van der Waals surface area contributed by atoms with Crippen LogP contribution in [0.15, 0.2) is 24.7 Å². The highest BCUT2D eigenvalue weighted by Gasteiger charge is 2.18. The van der Waals surface area contributed by atoms with E-state index in [2.05, 4.69) is 25.1 Å². The van der Waals surface area contributed by atoms with Crippen molar-refractivity contribution in [1.29, 1.82) is 0 Å². The van der Waals surface area contributed by atoms with Gasteiger partial charge in [-0.15, -0.1) is 10.2 Å². The Morgan fingerprint density at radius 1 is 1.32 bits per heavy atom. The zero-order valence-electron chi connectivity index (χ0n) is 12.4. The van der Waals surface area contributed by atoms with Crippen LogP contribution < -0.4 is 11.1 Å². The smallest absolute Gasteiger partial charge is 0.253 e. The average molecular weight is 300 g/mol. The van der Waals surface area contributed by atoms with Crippen molar-refractivity contribution in [2.75, 3.05) is 5.73 Å². The van der Waals surface area contributed by atoms with E-state index >= 15 is 0 Å². The Hall–Kier alpha value is -2.44. The molecule has 0 radical (unpaired) electrons. The van der Waals surface area contributed by atoms with Crippen LogP contribution in [0.5, 0.6) is 0 Å². The Kier molecular flexibility index (Phi) is 4.32. The summed E-state index contributed by atoms with van der Waals surface area (Å²) in [7, 11) is 0. The molecule has 0 bridgehead atoms. The van der Waals surface area contributed by atoms with Gasteiger partial charge in [0.05, 0.1) is 12.1 Å². The average Bonchev–Trinajstić information content (AvgIpc) is 3.02. The Morgan fingerprint density at radius 2 is 2.14 bits per heavy atom. The third-order valence-corrected chi connectivity index (χ3v) is 4.07. The van der Waals surface area contributed by atoms with E-state index in [4.69, 9.17) is 5.73 Å². The monoisotopic (exact) mass is 300 g/mol. The van der Waals surface area contributed by atoms with E-state index < -0.39 is 0 Å². The first-order valence-electron chi connectivity index (χ1n) is 7.62. The molecule has 1 amide bonds. The number of rotatable bonds is 4. The molecule has 2 aromatic heterocycles. The summed E-state index contributed by atoms with van der Waals surface area (Å²) in [5, 5.41) is 11.0. The molecule has 1 saturated carbocycles. The molecule has 2 aromatic rings. The molecular formula is C15H20N6O. The van der Waals surface area contributed by atoms with E-state index in [0.29, 0.717) is 24.0 Å². The number of hydrogen-bond acceptors (Lipinski definition) is 5. The number of carbonyl (C=O) groups excluding carboxylic acids is 1. The molecule has 2 heterocycles. The maximum Gasteiger partial charge on any atom is 0.253 e. The number of nitrogens with zero attached hydrogens (tertiary/aromatic N) is 4. The summed E-state index contributed by atoms with van der Waals surface area (Å²) in [5.41, 5.74) is 6.00. The molecule has 22 heavy (non-hydrogen) atoms. The van der Waals surface area contributed by atoms with Crippen molar-refractivity contribution in [3.05, 3.63) is 36.0 Å². The largest absolute Gasteiger partial charge is 0.384 e. The lowest BCUT2D eigenvalue weighted by Crippen LogP contribution is -2.26. The number of hydrogen-bond donors (Lipinski definition) is 2. The summed E-state index contributed by atoms with van der Waals surface area (Å²) < 4.78 is 2.10. The predicted octanol–water partition coefficient (Wildman–Crippen LogP) is 1.69. The molecule has 116 valence electrons. The summed E-state index contributed by atoms with van der Waals surface area (Å²) in [6.07, 6.45) is 9.33. The maximum absolute atomic E-state index is 12.1. The van der Waals surface area contributed by atoms with Crippen LogP contribution in [-0.2, 0) is 6.54 Å². The van der Waals surface area contributed by atoms with Gasteiger partial charge in [0, 0.05) is 12.2 Å². The fourth-order valence-electron chi connectivity index (χ4n) is 2.86. The Labute approximate surface area is 129 Å². The van der Waals surface area contributed by atoms with Gasteiger partial charge in [-0.1, -0.05) is 19.3 Å². The molecule has 3 rings (SSSR count). The van der Waals surface area contributed by atoms with Crippen LogP contribution in [0, 0.1) is 0 Å². The molecule has 0 aromatic carbocycles. The Morgan fingerprint density at radius 3 is 2.86 bits per heavy atom. The molecule has 0 spiro atoms. The van der Waals surface area contributed by atoms with Crippen LogP contribution in [-0.4, -0.2) is 25.7 Å². The van der Waals surface area contributed by atoms with Crippen molar-refractivity contribution >= 4 is 11.7 Å². The number of aromatic nitrogens is 4. The van der Waals surface area contributed by atoms with Gasteiger partial charge in [0.1, 0.15) is 12.1 Å². The third kappa shape index (κ3) is 3.24.